The van der Waals surface area contributed by atoms with Crippen molar-refractivity contribution in [2.45, 2.75) is 46.6 Å². The van der Waals surface area contributed by atoms with Gasteiger partial charge in [-0.05, 0) is 38.3 Å². The fourth-order valence-electron chi connectivity index (χ4n) is 1.96. The second-order valence-corrected chi connectivity index (χ2v) is 5.97. The van der Waals surface area contributed by atoms with Gasteiger partial charge in [0.15, 0.2) is 0 Å². The Morgan fingerprint density at radius 2 is 1.94 bits per heavy atom. The van der Waals surface area contributed by atoms with Gasteiger partial charge in [0.2, 0.25) is 0 Å². The molecule has 0 saturated carbocycles. The Morgan fingerprint density at radius 3 is 2.47 bits per heavy atom. The predicted octanol–water partition coefficient (Wildman–Crippen LogP) is 4.22. The number of hydrogen-bond donors (Lipinski definition) is 1. The van der Waals surface area contributed by atoms with Crippen LogP contribution in [0.4, 0.5) is 4.39 Å². The molecule has 17 heavy (non-hydrogen) atoms. The van der Waals surface area contributed by atoms with Crippen LogP contribution in [0.15, 0.2) is 18.2 Å². The summed E-state index contributed by atoms with van der Waals surface area (Å²) in [4.78, 5) is 0. The Hall–Kier alpha value is -0.890. The Labute approximate surface area is 104 Å². The number of benzene rings is 1. The van der Waals surface area contributed by atoms with E-state index in [1.54, 1.807) is 6.07 Å². The number of aryl methyl sites for hydroxylation is 1. The zero-order valence-corrected chi connectivity index (χ0v) is 11.6. The molecule has 0 radical (unpaired) electrons. The molecule has 1 rings (SSSR count). The Balaban J connectivity index is 2.82. The smallest absolute Gasteiger partial charge is 0.127 e. The first-order chi connectivity index (χ1) is 7.83. The van der Waals surface area contributed by atoms with E-state index >= 15 is 0 Å². The van der Waals surface area contributed by atoms with Gasteiger partial charge in [-0.2, -0.15) is 0 Å². The van der Waals surface area contributed by atoms with E-state index in [0.29, 0.717) is 0 Å². The zero-order valence-electron chi connectivity index (χ0n) is 11.6. The second-order valence-electron chi connectivity index (χ2n) is 5.97. The van der Waals surface area contributed by atoms with Crippen LogP contribution in [0, 0.1) is 18.2 Å². The minimum atomic E-state index is -0.108. The predicted molar refractivity (Wildman–Crippen MR) is 71.6 cm³/mol. The molecule has 1 nitrogen and oxygen atoms in total. The molecule has 0 bridgehead atoms. The van der Waals surface area contributed by atoms with Gasteiger partial charge in [-0.15, -0.1) is 0 Å². The summed E-state index contributed by atoms with van der Waals surface area (Å²) in [5.41, 5.74) is 2.18. The van der Waals surface area contributed by atoms with Gasteiger partial charge in [-0.25, -0.2) is 4.39 Å². The standard InChI is InChI=1S/C15H24FN/c1-11-6-7-13(16)12(10-11)14(17-5)8-9-15(2,3)4/h6-7,10,14,17H,8-9H2,1-5H3. The van der Waals surface area contributed by atoms with E-state index in [2.05, 4.69) is 26.1 Å². The van der Waals surface area contributed by atoms with Crippen LogP contribution in [0.1, 0.15) is 50.8 Å². The van der Waals surface area contributed by atoms with Gasteiger partial charge < -0.3 is 5.32 Å². The van der Waals surface area contributed by atoms with Crippen LogP contribution in [0.3, 0.4) is 0 Å². The Bertz CT molecular complexity index is 366. The number of hydrogen-bond acceptors (Lipinski definition) is 1. The Kier molecular flexibility index (Phi) is 4.70. The molecule has 1 atom stereocenters. The molecule has 1 aromatic rings. The van der Waals surface area contributed by atoms with E-state index in [-0.39, 0.29) is 17.3 Å². The van der Waals surface area contributed by atoms with Crippen LogP contribution in [0.2, 0.25) is 0 Å². The van der Waals surface area contributed by atoms with Crippen LogP contribution in [-0.4, -0.2) is 7.05 Å². The highest BCUT2D eigenvalue weighted by Crippen LogP contribution is 2.28. The summed E-state index contributed by atoms with van der Waals surface area (Å²) in [7, 11) is 1.90. The van der Waals surface area contributed by atoms with E-state index in [0.717, 1.165) is 24.0 Å². The van der Waals surface area contributed by atoms with Gasteiger partial charge in [0.1, 0.15) is 5.82 Å². The summed E-state index contributed by atoms with van der Waals surface area (Å²) >= 11 is 0. The molecule has 1 unspecified atom stereocenters. The van der Waals surface area contributed by atoms with Gasteiger partial charge in [0.05, 0.1) is 0 Å². The van der Waals surface area contributed by atoms with Crippen molar-refractivity contribution in [3.05, 3.63) is 35.1 Å². The monoisotopic (exact) mass is 237 g/mol. The van der Waals surface area contributed by atoms with Crippen molar-refractivity contribution in [2.75, 3.05) is 7.05 Å². The van der Waals surface area contributed by atoms with Crippen molar-refractivity contribution in [3.63, 3.8) is 0 Å². The van der Waals surface area contributed by atoms with Crippen LogP contribution in [0.5, 0.6) is 0 Å². The summed E-state index contributed by atoms with van der Waals surface area (Å²) in [5.74, 6) is -0.108. The van der Waals surface area contributed by atoms with E-state index < -0.39 is 0 Å². The average molecular weight is 237 g/mol. The lowest BCUT2D eigenvalue weighted by atomic mass is 9.87. The van der Waals surface area contributed by atoms with Gasteiger partial charge in [-0.3, -0.25) is 0 Å². The summed E-state index contributed by atoms with van der Waals surface area (Å²) in [5, 5.41) is 3.22. The molecule has 0 amide bonds. The first-order valence-corrected chi connectivity index (χ1v) is 6.27. The van der Waals surface area contributed by atoms with Crippen LogP contribution in [0.25, 0.3) is 0 Å². The third kappa shape index (κ3) is 4.47. The summed E-state index contributed by atoms with van der Waals surface area (Å²) in [6, 6.07) is 5.43. The summed E-state index contributed by atoms with van der Waals surface area (Å²) < 4.78 is 13.8. The molecule has 0 aliphatic carbocycles. The highest BCUT2D eigenvalue weighted by atomic mass is 19.1. The summed E-state index contributed by atoms with van der Waals surface area (Å²) in [6.07, 6.45) is 2.03. The maximum atomic E-state index is 13.8. The average Bonchev–Trinajstić information content (AvgIpc) is 2.22. The third-order valence-electron chi connectivity index (χ3n) is 3.06. The van der Waals surface area contributed by atoms with E-state index in [1.165, 1.54) is 0 Å². The van der Waals surface area contributed by atoms with Crippen molar-refractivity contribution < 1.29 is 4.39 Å². The lowest BCUT2D eigenvalue weighted by Gasteiger charge is -2.23. The molecule has 0 heterocycles. The highest BCUT2D eigenvalue weighted by molar-refractivity contribution is 5.26. The topological polar surface area (TPSA) is 12.0 Å². The van der Waals surface area contributed by atoms with Crippen LogP contribution in [-0.2, 0) is 0 Å². The van der Waals surface area contributed by atoms with Gasteiger partial charge in [0.25, 0.3) is 0 Å². The molecular weight excluding hydrogens is 213 g/mol. The molecule has 96 valence electrons. The van der Waals surface area contributed by atoms with E-state index in [9.17, 15) is 4.39 Å². The largest absolute Gasteiger partial charge is 0.313 e. The van der Waals surface area contributed by atoms with E-state index in [4.69, 9.17) is 0 Å². The molecule has 1 N–H and O–H groups in total. The summed E-state index contributed by atoms with van der Waals surface area (Å²) in [6.45, 7) is 8.64. The fraction of sp³-hybridized carbons (Fsp3) is 0.600. The maximum Gasteiger partial charge on any atom is 0.127 e. The first-order valence-electron chi connectivity index (χ1n) is 6.27. The van der Waals surface area contributed by atoms with Crippen molar-refractivity contribution >= 4 is 0 Å². The van der Waals surface area contributed by atoms with Crippen molar-refractivity contribution in [1.82, 2.24) is 5.32 Å². The zero-order chi connectivity index (χ0) is 13.1. The minimum absolute atomic E-state index is 0.106. The molecule has 2 heteroatoms. The molecule has 1 aromatic carbocycles. The molecule has 0 fully saturated rings. The quantitative estimate of drug-likeness (QED) is 0.826. The van der Waals surface area contributed by atoms with Crippen molar-refractivity contribution in [3.8, 4) is 0 Å². The maximum absolute atomic E-state index is 13.8. The third-order valence-corrected chi connectivity index (χ3v) is 3.06. The number of nitrogens with one attached hydrogen (secondary N) is 1. The van der Waals surface area contributed by atoms with Crippen molar-refractivity contribution in [1.29, 1.82) is 0 Å². The van der Waals surface area contributed by atoms with E-state index in [1.807, 2.05) is 26.1 Å². The van der Waals surface area contributed by atoms with Gasteiger partial charge in [0, 0.05) is 11.6 Å². The SMILES string of the molecule is CNC(CCC(C)(C)C)c1cc(C)ccc1F. The molecular formula is C15H24FN. The molecule has 0 aliphatic rings. The Morgan fingerprint density at radius 1 is 1.29 bits per heavy atom. The first kappa shape index (κ1) is 14.2. The fourth-order valence-corrected chi connectivity index (χ4v) is 1.96. The molecule has 0 saturated heterocycles. The second kappa shape index (κ2) is 5.63. The van der Waals surface area contributed by atoms with Crippen molar-refractivity contribution in [2.24, 2.45) is 5.41 Å². The normalized spacial score (nSPS) is 13.8. The molecule has 0 spiro atoms. The van der Waals surface area contributed by atoms with Gasteiger partial charge >= 0.3 is 0 Å². The minimum Gasteiger partial charge on any atom is -0.313 e. The lowest BCUT2D eigenvalue weighted by Crippen LogP contribution is -2.20. The molecule has 0 aliphatic heterocycles. The van der Waals surface area contributed by atoms with Crippen LogP contribution < -0.4 is 5.32 Å². The highest BCUT2D eigenvalue weighted by Gasteiger charge is 2.18. The van der Waals surface area contributed by atoms with Crippen LogP contribution >= 0.6 is 0 Å². The number of rotatable bonds is 4. The van der Waals surface area contributed by atoms with Gasteiger partial charge in [-0.1, -0.05) is 38.5 Å². The number of halogens is 1. The molecule has 0 aromatic heterocycles. The lowest BCUT2D eigenvalue weighted by molar-refractivity contribution is 0.335.